The zero-order valence-electron chi connectivity index (χ0n) is 14.9. The Kier molecular flexibility index (Phi) is 3.50. The number of nitrogens with zero attached hydrogens (tertiary/aromatic N) is 1. The largest absolute Gasteiger partial charge is 0.478 e. The first-order valence-corrected chi connectivity index (χ1v) is 8.03. The van der Waals surface area contributed by atoms with E-state index in [-0.39, 0.29) is 11.0 Å². The smallest absolute Gasteiger partial charge is 0.337 e. The Morgan fingerprint density at radius 1 is 1.35 bits per heavy atom. The predicted molar refractivity (Wildman–Crippen MR) is 92.0 cm³/mol. The van der Waals surface area contributed by atoms with Crippen molar-refractivity contribution in [1.29, 1.82) is 0 Å². The highest BCUT2D eigenvalue weighted by Gasteiger charge is 2.27. The van der Waals surface area contributed by atoms with Gasteiger partial charge in [-0.2, -0.15) is 0 Å². The minimum absolute atomic E-state index is 0.132. The summed E-state index contributed by atoms with van der Waals surface area (Å²) < 4.78 is 16.1. The summed E-state index contributed by atoms with van der Waals surface area (Å²) in [4.78, 5) is 15.8. The van der Waals surface area contributed by atoms with Crippen LogP contribution < -0.4 is 0 Å². The fourth-order valence-corrected chi connectivity index (χ4v) is 3.52. The molecule has 0 unspecified atom stereocenters. The van der Waals surface area contributed by atoms with E-state index >= 15 is 0 Å². The molecule has 0 radical (unpaired) electrons. The molecule has 1 aliphatic rings. The quantitative estimate of drug-likeness (QED) is 0.636. The van der Waals surface area contributed by atoms with E-state index in [1.807, 2.05) is 32.0 Å². The second kappa shape index (κ2) is 6.10. The van der Waals surface area contributed by atoms with Gasteiger partial charge in [0, 0.05) is 19.4 Å². The van der Waals surface area contributed by atoms with Crippen molar-refractivity contribution in [1.82, 2.24) is 4.98 Å². The Balaban J connectivity index is 1.90. The van der Waals surface area contributed by atoms with Gasteiger partial charge in [0.2, 0.25) is 0 Å². The summed E-state index contributed by atoms with van der Waals surface area (Å²) in [6, 6.07) is 8.87. The van der Waals surface area contributed by atoms with Crippen molar-refractivity contribution in [3.05, 3.63) is 58.9 Å². The molecular formula is C19H17NO2S. The van der Waals surface area contributed by atoms with Crippen LogP contribution in [0.3, 0.4) is 0 Å². The van der Waals surface area contributed by atoms with E-state index in [0.717, 1.165) is 16.0 Å². The Labute approximate surface area is 143 Å². The minimum atomic E-state index is -1.26. The number of rotatable bonds is 1. The molecule has 0 saturated heterocycles. The predicted octanol–water partition coefficient (Wildman–Crippen LogP) is 3.95. The summed E-state index contributed by atoms with van der Waals surface area (Å²) in [7, 11) is 0. The van der Waals surface area contributed by atoms with Crippen molar-refractivity contribution in [3.8, 4) is 11.8 Å². The molecule has 116 valence electrons. The highest BCUT2D eigenvalue weighted by molar-refractivity contribution is 7.99. The number of benzene rings is 1. The first kappa shape index (κ1) is 13.2. The molecule has 1 N–H and O–H groups in total. The maximum atomic E-state index is 10.8. The summed E-state index contributed by atoms with van der Waals surface area (Å²) in [5.41, 5.74) is 1.05. The Morgan fingerprint density at radius 3 is 2.87 bits per heavy atom. The van der Waals surface area contributed by atoms with Gasteiger partial charge in [0.05, 0.1) is 5.56 Å². The standard InChI is InChI=1S/C19H17NO2S/c1-19(2)9-10-23-17-8-4-13(11-16(17)19)3-6-15-7-5-14(12-20-15)18(21)22/h4-5,7-8,11-12H,9-10H2,1-2H3,(H,21,22)/i3+1,6+1,10D2. The van der Waals surface area contributed by atoms with Crippen LogP contribution in [-0.2, 0) is 5.41 Å². The lowest BCUT2D eigenvalue weighted by Crippen LogP contribution is -2.22. The maximum Gasteiger partial charge on any atom is 0.337 e. The van der Waals surface area contributed by atoms with Crippen LogP contribution >= 0.6 is 11.8 Å². The van der Waals surface area contributed by atoms with Crippen LogP contribution in [0.2, 0.25) is 0 Å². The SMILES string of the molecule is [2H]C1([2H])CC(C)(C)c2cc([13C]#[13C]c3ccc(C(=O)O)cn3)ccc2S1. The van der Waals surface area contributed by atoms with Gasteiger partial charge in [0.15, 0.2) is 0 Å². The first-order chi connectivity index (χ1) is 11.7. The molecule has 0 spiro atoms. The number of carbonyl (C=O) groups is 1. The zero-order valence-corrected chi connectivity index (χ0v) is 13.7. The van der Waals surface area contributed by atoms with Crippen LogP contribution in [0.1, 0.15) is 50.2 Å². The number of carboxylic acid groups (broad SMARTS) is 1. The lowest BCUT2D eigenvalue weighted by molar-refractivity contribution is 0.0696. The summed E-state index contributed by atoms with van der Waals surface area (Å²) >= 11 is 1.26. The average Bonchev–Trinajstić information content (AvgIpc) is 2.52. The van der Waals surface area contributed by atoms with Gasteiger partial charge in [0.25, 0.3) is 0 Å². The molecule has 0 bridgehead atoms. The normalized spacial score (nSPS) is 18.7. The molecule has 2 aromatic rings. The Bertz CT molecular complexity index is 896. The molecule has 3 rings (SSSR count). The van der Waals surface area contributed by atoms with Crippen LogP contribution in [0.25, 0.3) is 0 Å². The molecule has 0 amide bonds. The second-order valence-corrected chi connectivity index (χ2v) is 6.94. The number of aromatic nitrogens is 1. The molecule has 1 aromatic carbocycles. The van der Waals surface area contributed by atoms with Crippen molar-refractivity contribution in [2.24, 2.45) is 0 Å². The van der Waals surface area contributed by atoms with Gasteiger partial charge in [-0.25, -0.2) is 9.78 Å². The molecule has 1 aromatic heterocycles. The van der Waals surface area contributed by atoms with Crippen molar-refractivity contribution in [2.75, 3.05) is 5.70 Å². The van der Waals surface area contributed by atoms with E-state index in [1.54, 1.807) is 6.07 Å². The Morgan fingerprint density at radius 2 is 2.17 bits per heavy atom. The van der Waals surface area contributed by atoms with Crippen LogP contribution in [0, 0.1) is 11.8 Å². The van der Waals surface area contributed by atoms with E-state index in [0.29, 0.717) is 12.1 Å². The van der Waals surface area contributed by atoms with Crippen LogP contribution in [0.15, 0.2) is 41.4 Å². The molecule has 0 saturated carbocycles. The fraction of sp³-hybridized carbons (Fsp3) is 0.263. The van der Waals surface area contributed by atoms with Crippen LogP contribution in [0.4, 0.5) is 0 Å². The maximum absolute atomic E-state index is 10.8. The van der Waals surface area contributed by atoms with Gasteiger partial charge in [-0.05, 0) is 59.4 Å². The molecule has 2 heterocycles. The lowest BCUT2D eigenvalue weighted by Gasteiger charge is -2.32. The highest BCUT2D eigenvalue weighted by atomic mass is 32.2. The zero-order chi connectivity index (χ0) is 18.2. The molecule has 0 atom stereocenters. The molecule has 4 heteroatoms. The topological polar surface area (TPSA) is 50.2 Å². The molecular weight excluding hydrogens is 308 g/mol. The number of fused-ring (bicyclic) bond motifs is 1. The van der Waals surface area contributed by atoms with E-state index in [2.05, 4.69) is 16.8 Å². The van der Waals surface area contributed by atoms with Gasteiger partial charge < -0.3 is 5.11 Å². The number of thioether (sulfide) groups is 1. The monoisotopic (exact) mass is 327 g/mol. The van der Waals surface area contributed by atoms with Crippen molar-refractivity contribution in [3.63, 3.8) is 0 Å². The summed E-state index contributed by atoms with van der Waals surface area (Å²) in [5.74, 6) is 4.99. The van der Waals surface area contributed by atoms with E-state index in [1.165, 1.54) is 24.0 Å². The lowest BCUT2D eigenvalue weighted by atomic mass is 9.81. The van der Waals surface area contributed by atoms with E-state index in [4.69, 9.17) is 7.85 Å². The number of carboxylic acids is 1. The van der Waals surface area contributed by atoms with Crippen molar-refractivity contribution >= 4 is 17.7 Å². The van der Waals surface area contributed by atoms with E-state index in [9.17, 15) is 4.79 Å². The molecule has 0 fully saturated rings. The number of pyridine rings is 1. The molecule has 3 nitrogen and oxygen atoms in total. The fourth-order valence-electron chi connectivity index (χ4n) is 2.35. The van der Waals surface area contributed by atoms with Gasteiger partial charge in [-0.15, -0.1) is 11.8 Å². The van der Waals surface area contributed by atoms with Crippen molar-refractivity contribution in [2.45, 2.75) is 30.6 Å². The van der Waals surface area contributed by atoms with Crippen molar-refractivity contribution < 1.29 is 12.6 Å². The highest BCUT2D eigenvalue weighted by Crippen LogP contribution is 2.41. The third-order valence-corrected chi connectivity index (χ3v) is 4.61. The number of hydrogen-bond acceptors (Lipinski definition) is 3. The summed E-state index contributed by atoms with van der Waals surface area (Å²) in [5, 5.41) is 8.88. The van der Waals surface area contributed by atoms with Gasteiger partial charge in [-0.3, -0.25) is 0 Å². The summed E-state index contributed by atoms with van der Waals surface area (Å²) in [6.45, 7) is 4.10. The second-order valence-electron chi connectivity index (χ2n) is 6.01. The van der Waals surface area contributed by atoms with E-state index < -0.39 is 11.7 Å². The molecule has 23 heavy (non-hydrogen) atoms. The molecule has 0 aliphatic carbocycles. The Hall–Kier alpha value is -2.25. The minimum Gasteiger partial charge on any atom is -0.478 e. The number of aromatic carboxylic acids is 1. The van der Waals surface area contributed by atoms with Gasteiger partial charge in [0.1, 0.15) is 5.69 Å². The number of hydrogen-bond donors (Lipinski definition) is 1. The van der Waals surface area contributed by atoms with Crippen LogP contribution in [-0.4, -0.2) is 21.8 Å². The van der Waals surface area contributed by atoms with Gasteiger partial charge >= 0.3 is 5.97 Å². The third kappa shape index (κ3) is 3.40. The van der Waals surface area contributed by atoms with Gasteiger partial charge in [-0.1, -0.05) is 19.8 Å². The average molecular weight is 327 g/mol. The molecule has 1 aliphatic heterocycles. The first-order valence-electron chi connectivity index (χ1n) is 8.21. The third-order valence-electron chi connectivity index (χ3n) is 3.75. The van der Waals surface area contributed by atoms with Crippen LogP contribution in [0.5, 0.6) is 0 Å². The summed E-state index contributed by atoms with van der Waals surface area (Å²) in [6.07, 6.45) is 1.74.